The number of nitrogens with one attached hydrogen (secondary N) is 1. The second-order valence-electron chi connectivity index (χ2n) is 6.36. The summed E-state index contributed by atoms with van der Waals surface area (Å²) in [5, 5.41) is 2.93. The molecule has 2 aliphatic rings. The average Bonchev–Trinajstić information content (AvgIpc) is 2.79. The van der Waals surface area contributed by atoms with Crippen molar-refractivity contribution in [1.82, 2.24) is 10.2 Å². The minimum Gasteiger partial charge on any atom is -0.344 e. The monoisotopic (exact) mass is 280 g/mol. The molecule has 0 bridgehead atoms. The van der Waals surface area contributed by atoms with Crippen molar-refractivity contribution in [3.63, 3.8) is 0 Å². The number of carbonyl (C=O) groups excluding carboxylic acids is 2. The molecule has 1 aliphatic heterocycles. The smallest absolute Gasteiger partial charge is 0.245 e. The minimum absolute atomic E-state index is 0.0276. The summed E-state index contributed by atoms with van der Waals surface area (Å²) in [4.78, 5) is 26.7. The normalized spacial score (nSPS) is 27.7. The van der Waals surface area contributed by atoms with E-state index in [0.29, 0.717) is 19.0 Å². The second kappa shape index (κ2) is 7.09. The summed E-state index contributed by atoms with van der Waals surface area (Å²) in [7, 11) is 0. The molecule has 4 heteroatoms. The van der Waals surface area contributed by atoms with E-state index in [1.165, 1.54) is 25.7 Å². The first kappa shape index (κ1) is 15.3. The van der Waals surface area contributed by atoms with E-state index in [9.17, 15) is 9.59 Å². The standard InChI is InChI=1S/C16H28N2O2/c1-3-12(2)15-16(20)18(11-10-14(19)17-15)13-8-6-4-5-7-9-13/h12-13,15H,3-11H2,1-2H3,(H,17,19). The molecule has 0 aromatic carbocycles. The summed E-state index contributed by atoms with van der Waals surface area (Å²) in [6, 6.07) is 0.0301. The van der Waals surface area contributed by atoms with Crippen molar-refractivity contribution >= 4 is 11.8 Å². The number of carbonyl (C=O) groups is 2. The molecular weight excluding hydrogens is 252 g/mol. The van der Waals surface area contributed by atoms with Gasteiger partial charge in [-0.15, -0.1) is 0 Å². The lowest BCUT2D eigenvalue weighted by Crippen LogP contribution is -2.51. The van der Waals surface area contributed by atoms with Crippen molar-refractivity contribution in [2.45, 2.75) is 77.3 Å². The van der Waals surface area contributed by atoms with Gasteiger partial charge in [-0.2, -0.15) is 0 Å². The van der Waals surface area contributed by atoms with Gasteiger partial charge in [-0.25, -0.2) is 0 Å². The maximum atomic E-state index is 12.8. The topological polar surface area (TPSA) is 49.4 Å². The van der Waals surface area contributed by atoms with Crippen LogP contribution in [0.2, 0.25) is 0 Å². The molecule has 4 nitrogen and oxygen atoms in total. The van der Waals surface area contributed by atoms with Gasteiger partial charge in [0.2, 0.25) is 11.8 Å². The molecule has 2 rings (SSSR count). The predicted octanol–water partition coefficient (Wildman–Crippen LogP) is 2.47. The Morgan fingerprint density at radius 2 is 1.85 bits per heavy atom. The molecule has 0 spiro atoms. The number of rotatable bonds is 3. The summed E-state index contributed by atoms with van der Waals surface area (Å²) in [6.07, 6.45) is 8.56. The second-order valence-corrected chi connectivity index (χ2v) is 6.36. The first-order chi connectivity index (χ1) is 9.63. The van der Waals surface area contributed by atoms with E-state index in [1.54, 1.807) is 0 Å². The van der Waals surface area contributed by atoms with Gasteiger partial charge in [0.25, 0.3) is 0 Å². The Labute approximate surface area is 122 Å². The molecule has 20 heavy (non-hydrogen) atoms. The van der Waals surface area contributed by atoms with Crippen LogP contribution in [0.3, 0.4) is 0 Å². The van der Waals surface area contributed by atoms with Crippen molar-refractivity contribution in [1.29, 1.82) is 0 Å². The minimum atomic E-state index is -0.321. The van der Waals surface area contributed by atoms with Crippen LogP contribution >= 0.6 is 0 Å². The number of hydrogen-bond acceptors (Lipinski definition) is 2. The first-order valence-corrected chi connectivity index (χ1v) is 8.23. The highest BCUT2D eigenvalue weighted by Crippen LogP contribution is 2.25. The number of hydrogen-bond donors (Lipinski definition) is 1. The van der Waals surface area contributed by atoms with E-state index in [1.807, 2.05) is 4.90 Å². The van der Waals surface area contributed by atoms with Crippen LogP contribution in [-0.4, -0.2) is 35.3 Å². The van der Waals surface area contributed by atoms with Gasteiger partial charge < -0.3 is 10.2 Å². The Kier molecular flexibility index (Phi) is 5.44. The van der Waals surface area contributed by atoms with Gasteiger partial charge in [-0.3, -0.25) is 9.59 Å². The van der Waals surface area contributed by atoms with Crippen LogP contribution in [-0.2, 0) is 9.59 Å². The van der Waals surface area contributed by atoms with Crippen LogP contribution < -0.4 is 5.32 Å². The highest BCUT2D eigenvalue weighted by molar-refractivity contribution is 5.90. The van der Waals surface area contributed by atoms with Gasteiger partial charge in [0.1, 0.15) is 6.04 Å². The van der Waals surface area contributed by atoms with Gasteiger partial charge in [0, 0.05) is 19.0 Å². The van der Waals surface area contributed by atoms with Crippen molar-refractivity contribution in [3.8, 4) is 0 Å². The molecule has 1 saturated carbocycles. The molecule has 0 aromatic heterocycles. The average molecular weight is 280 g/mol. The highest BCUT2D eigenvalue weighted by Gasteiger charge is 2.36. The number of amides is 2. The molecule has 114 valence electrons. The lowest BCUT2D eigenvalue weighted by Gasteiger charge is -2.33. The molecule has 2 unspecified atom stereocenters. The Morgan fingerprint density at radius 3 is 2.45 bits per heavy atom. The summed E-state index contributed by atoms with van der Waals surface area (Å²) < 4.78 is 0. The van der Waals surface area contributed by atoms with Gasteiger partial charge in [0.15, 0.2) is 0 Å². The van der Waals surface area contributed by atoms with Crippen molar-refractivity contribution in [2.75, 3.05) is 6.54 Å². The van der Waals surface area contributed by atoms with Crippen LogP contribution in [0.25, 0.3) is 0 Å². The third kappa shape index (κ3) is 3.53. The third-order valence-electron chi connectivity index (χ3n) is 4.92. The van der Waals surface area contributed by atoms with Crippen molar-refractivity contribution < 1.29 is 9.59 Å². The zero-order chi connectivity index (χ0) is 14.5. The van der Waals surface area contributed by atoms with E-state index in [-0.39, 0.29) is 23.8 Å². The van der Waals surface area contributed by atoms with E-state index in [2.05, 4.69) is 19.2 Å². The Balaban J connectivity index is 2.13. The van der Waals surface area contributed by atoms with Gasteiger partial charge in [0.05, 0.1) is 0 Å². The van der Waals surface area contributed by atoms with Gasteiger partial charge >= 0.3 is 0 Å². The highest BCUT2D eigenvalue weighted by atomic mass is 16.2. The fourth-order valence-corrected chi connectivity index (χ4v) is 3.37. The Bertz CT molecular complexity index is 348. The van der Waals surface area contributed by atoms with Crippen molar-refractivity contribution in [3.05, 3.63) is 0 Å². The Morgan fingerprint density at radius 1 is 1.20 bits per heavy atom. The van der Waals surface area contributed by atoms with Crippen LogP contribution in [0.4, 0.5) is 0 Å². The summed E-state index contributed by atoms with van der Waals surface area (Å²) in [5.74, 6) is 0.384. The zero-order valence-corrected chi connectivity index (χ0v) is 12.9. The molecule has 0 aromatic rings. The van der Waals surface area contributed by atoms with Crippen LogP contribution in [0.1, 0.15) is 65.2 Å². The SMILES string of the molecule is CCC(C)C1NC(=O)CCN(C2CCCCCC2)C1=O. The maximum absolute atomic E-state index is 12.8. The molecule has 1 saturated heterocycles. The zero-order valence-electron chi connectivity index (χ0n) is 12.9. The molecule has 1 aliphatic carbocycles. The van der Waals surface area contributed by atoms with Gasteiger partial charge in [-0.05, 0) is 18.8 Å². The Hall–Kier alpha value is -1.06. The van der Waals surface area contributed by atoms with Gasteiger partial charge in [-0.1, -0.05) is 46.0 Å². The van der Waals surface area contributed by atoms with Crippen LogP contribution in [0, 0.1) is 5.92 Å². The maximum Gasteiger partial charge on any atom is 0.245 e. The lowest BCUT2D eigenvalue weighted by atomic mass is 9.97. The summed E-state index contributed by atoms with van der Waals surface area (Å²) in [6.45, 7) is 4.73. The third-order valence-corrected chi connectivity index (χ3v) is 4.92. The van der Waals surface area contributed by atoms with Crippen LogP contribution in [0.15, 0.2) is 0 Å². The molecule has 0 radical (unpaired) electrons. The molecule has 2 fully saturated rings. The van der Waals surface area contributed by atoms with Crippen LogP contribution in [0.5, 0.6) is 0 Å². The molecule has 1 N–H and O–H groups in total. The molecular formula is C16H28N2O2. The fraction of sp³-hybridized carbons (Fsp3) is 0.875. The fourth-order valence-electron chi connectivity index (χ4n) is 3.37. The quantitative estimate of drug-likeness (QED) is 0.807. The first-order valence-electron chi connectivity index (χ1n) is 8.23. The molecule has 2 atom stereocenters. The summed E-state index contributed by atoms with van der Waals surface area (Å²) in [5.41, 5.74) is 0. The number of nitrogens with zero attached hydrogens (tertiary/aromatic N) is 1. The van der Waals surface area contributed by atoms with E-state index in [0.717, 1.165) is 19.3 Å². The summed E-state index contributed by atoms with van der Waals surface area (Å²) >= 11 is 0. The van der Waals surface area contributed by atoms with Crippen molar-refractivity contribution in [2.24, 2.45) is 5.92 Å². The molecule has 2 amide bonds. The van der Waals surface area contributed by atoms with E-state index in [4.69, 9.17) is 0 Å². The predicted molar refractivity (Wildman–Crippen MR) is 79.2 cm³/mol. The lowest BCUT2D eigenvalue weighted by molar-refractivity contribution is -0.137. The largest absolute Gasteiger partial charge is 0.344 e. The van der Waals surface area contributed by atoms with E-state index < -0.39 is 0 Å². The van der Waals surface area contributed by atoms with E-state index >= 15 is 0 Å². The molecule has 1 heterocycles.